The number of nitrogens with one attached hydrogen (secondary N) is 2. The smallest absolute Gasteiger partial charge is 0.169 e. The van der Waals surface area contributed by atoms with Crippen LogP contribution in [0.5, 0.6) is 0 Å². The van der Waals surface area contributed by atoms with Crippen molar-refractivity contribution in [2.45, 2.75) is 18.9 Å². The van der Waals surface area contributed by atoms with Crippen LogP contribution in [0.2, 0.25) is 0 Å². The molecule has 1 saturated heterocycles. The summed E-state index contributed by atoms with van der Waals surface area (Å²) < 4.78 is 0. The van der Waals surface area contributed by atoms with Crippen molar-refractivity contribution in [2.75, 3.05) is 24.1 Å². The summed E-state index contributed by atoms with van der Waals surface area (Å²) >= 11 is 0. The molecule has 18 heavy (non-hydrogen) atoms. The molecule has 5 nitrogen and oxygen atoms in total. The fourth-order valence-corrected chi connectivity index (χ4v) is 2.28. The molecule has 0 saturated carbocycles. The van der Waals surface area contributed by atoms with Crippen LogP contribution >= 0.6 is 0 Å². The molecule has 2 aromatic rings. The first kappa shape index (κ1) is 11.2. The van der Waals surface area contributed by atoms with Crippen molar-refractivity contribution in [3.05, 3.63) is 24.3 Å². The van der Waals surface area contributed by atoms with E-state index in [4.69, 9.17) is 5.73 Å². The Kier molecular flexibility index (Phi) is 2.98. The number of nitrogens with zero attached hydrogens (tertiary/aromatic N) is 2. The highest BCUT2D eigenvalue weighted by atomic mass is 15.1. The Morgan fingerprint density at radius 2 is 1.78 bits per heavy atom. The quantitative estimate of drug-likeness (QED) is 0.743. The van der Waals surface area contributed by atoms with Gasteiger partial charge in [0, 0.05) is 6.04 Å². The molecule has 4 N–H and O–H groups in total. The van der Waals surface area contributed by atoms with E-state index in [1.807, 2.05) is 24.3 Å². The van der Waals surface area contributed by atoms with E-state index >= 15 is 0 Å². The summed E-state index contributed by atoms with van der Waals surface area (Å²) in [5.74, 6) is 1.19. The third-order valence-corrected chi connectivity index (χ3v) is 3.28. The van der Waals surface area contributed by atoms with Gasteiger partial charge in [0.05, 0.1) is 11.0 Å². The first-order valence-electron chi connectivity index (χ1n) is 6.32. The van der Waals surface area contributed by atoms with Gasteiger partial charge in [0.15, 0.2) is 11.6 Å². The molecule has 1 aliphatic heterocycles. The number of hydrogen-bond donors (Lipinski definition) is 3. The molecule has 1 fully saturated rings. The molecule has 0 aliphatic carbocycles. The van der Waals surface area contributed by atoms with Crippen LogP contribution in [0.4, 0.5) is 11.6 Å². The van der Waals surface area contributed by atoms with Gasteiger partial charge in [-0.05, 0) is 38.1 Å². The minimum Gasteiger partial charge on any atom is -0.381 e. The Bertz CT molecular complexity index is 548. The first-order valence-corrected chi connectivity index (χ1v) is 6.32. The van der Waals surface area contributed by atoms with Crippen LogP contribution in [0, 0.1) is 0 Å². The Hall–Kier alpha value is -1.88. The van der Waals surface area contributed by atoms with Gasteiger partial charge < -0.3 is 16.4 Å². The normalized spacial score (nSPS) is 16.9. The maximum atomic E-state index is 5.95. The summed E-state index contributed by atoms with van der Waals surface area (Å²) in [6.45, 7) is 2.08. The average molecular weight is 243 g/mol. The van der Waals surface area contributed by atoms with E-state index in [2.05, 4.69) is 20.6 Å². The van der Waals surface area contributed by atoms with Crippen LogP contribution < -0.4 is 16.4 Å². The molecule has 1 aromatic heterocycles. The summed E-state index contributed by atoms with van der Waals surface area (Å²) in [4.78, 5) is 8.93. The predicted octanol–water partition coefficient (Wildman–Crippen LogP) is 1.38. The lowest BCUT2D eigenvalue weighted by Gasteiger charge is -2.24. The number of rotatable bonds is 2. The minimum atomic E-state index is 0.434. The summed E-state index contributed by atoms with van der Waals surface area (Å²) in [5.41, 5.74) is 7.67. The lowest BCUT2D eigenvalue weighted by molar-refractivity contribution is 0.478. The summed E-state index contributed by atoms with van der Waals surface area (Å²) in [6.07, 6.45) is 2.18. The Labute approximate surface area is 106 Å². The summed E-state index contributed by atoms with van der Waals surface area (Å²) in [5, 5.41) is 6.74. The molecule has 0 amide bonds. The van der Waals surface area contributed by atoms with E-state index in [1.54, 1.807) is 0 Å². The number of benzene rings is 1. The van der Waals surface area contributed by atoms with Gasteiger partial charge in [-0.1, -0.05) is 12.1 Å². The van der Waals surface area contributed by atoms with Crippen molar-refractivity contribution < 1.29 is 0 Å². The molecule has 1 aliphatic rings. The van der Waals surface area contributed by atoms with E-state index in [0.29, 0.717) is 17.7 Å². The Morgan fingerprint density at radius 1 is 1.11 bits per heavy atom. The van der Waals surface area contributed by atoms with E-state index in [0.717, 1.165) is 37.0 Å². The number of para-hydroxylation sites is 2. The molecule has 2 heterocycles. The second kappa shape index (κ2) is 4.78. The Balaban J connectivity index is 1.88. The highest BCUT2D eigenvalue weighted by Crippen LogP contribution is 2.20. The zero-order valence-corrected chi connectivity index (χ0v) is 10.2. The highest BCUT2D eigenvalue weighted by molar-refractivity contribution is 5.79. The molecule has 5 heteroatoms. The molecule has 1 aromatic carbocycles. The van der Waals surface area contributed by atoms with E-state index in [-0.39, 0.29) is 0 Å². The zero-order chi connectivity index (χ0) is 12.4. The molecule has 0 spiro atoms. The molecule has 94 valence electrons. The second-order valence-electron chi connectivity index (χ2n) is 4.61. The lowest BCUT2D eigenvalue weighted by atomic mass is 10.1. The number of fused-ring (bicyclic) bond motifs is 1. The van der Waals surface area contributed by atoms with Crippen molar-refractivity contribution >= 4 is 22.7 Å². The maximum Gasteiger partial charge on any atom is 0.169 e. The lowest BCUT2D eigenvalue weighted by Crippen LogP contribution is -2.35. The highest BCUT2D eigenvalue weighted by Gasteiger charge is 2.15. The number of hydrogen-bond acceptors (Lipinski definition) is 5. The molecular weight excluding hydrogens is 226 g/mol. The van der Waals surface area contributed by atoms with Crippen LogP contribution in [0.25, 0.3) is 11.0 Å². The molecule has 0 radical (unpaired) electrons. The van der Waals surface area contributed by atoms with E-state index in [1.165, 1.54) is 0 Å². The summed E-state index contributed by atoms with van der Waals surface area (Å²) in [6, 6.07) is 8.21. The number of aromatic nitrogens is 2. The Morgan fingerprint density at radius 3 is 2.50 bits per heavy atom. The standard InChI is InChI=1S/C13H17N5/c14-12-13(16-9-5-7-15-8-6-9)18-11-4-2-1-3-10(11)17-12/h1-4,9,15H,5-8H2,(H2,14,17)(H,16,18). The SMILES string of the molecule is Nc1nc2ccccc2nc1NC1CCNCC1. The van der Waals surface area contributed by atoms with Crippen molar-refractivity contribution in [2.24, 2.45) is 0 Å². The molecule has 3 rings (SSSR count). The van der Waals surface area contributed by atoms with Gasteiger partial charge in [-0.15, -0.1) is 0 Å². The van der Waals surface area contributed by atoms with E-state index in [9.17, 15) is 0 Å². The predicted molar refractivity (Wildman–Crippen MR) is 73.5 cm³/mol. The van der Waals surface area contributed by atoms with Crippen LogP contribution in [0.1, 0.15) is 12.8 Å². The van der Waals surface area contributed by atoms with Gasteiger partial charge in [-0.25, -0.2) is 9.97 Å². The van der Waals surface area contributed by atoms with Crippen molar-refractivity contribution in [3.63, 3.8) is 0 Å². The van der Waals surface area contributed by atoms with Gasteiger partial charge in [0.25, 0.3) is 0 Å². The van der Waals surface area contributed by atoms with Crippen LogP contribution in [-0.2, 0) is 0 Å². The number of piperidine rings is 1. The average Bonchev–Trinajstić information content (AvgIpc) is 2.41. The number of nitrogens with two attached hydrogens (primary N) is 1. The molecular formula is C13H17N5. The van der Waals surface area contributed by atoms with Crippen molar-refractivity contribution in [1.29, 1.82) is 0 Å². The topological polar surface area (TPSA) is 75.9 Å². The van der Waals surface area contributed by atoms with Crippen molar-refractivity contribution in [3.8, 4) is 0 Å². The second-order valence-corrected chi connectivity index (χ2v) is 4.61. The van der Waals surface area contributed by atoms with Gasteiger partial charge in [0.1, 0.15) is 0 Å². The number of anilines is 2. The largest absolute Gasteiger partial charge is 0.381 e. The van der Waals surface area contributed by atoms with Gasteiger partial charge in [-0.3, -0.25) is 0 Å². The molecule has 0 bridgehead atoms. The molecule has 0 unspecified atom stereocenters. The fourth-order valence-electron chi connectivity index (χ4n) is 2.28. The van der Waals surface area contributed by atoms with Crippen molar-refractivity contribution in [1.82, 2.24) is 15.3 Å². The fraction of sp³-hybridized carbons (Fsp3) is 0.385. The minimum absolute atomic E-state index is 0.434. The number of nitrogen functional groups attached to an aromatic ring is 1. The van der Waals surface area contributed by atoms with Gasteiger partial charge in [0.2, 0.25) is 0 Å². The first-order chi connectivity index (χ1) is 8.83. The van der Waals surface area contributed by atoms with E-state index < -0.39 is 0 Å². The van der Waals surface area contributed by atoms with Crippen LogP contribution in [-0.4, -0.2) is 29.1 Å². The van der Waals surface area contributed by atoms with Crippen LogP contribution in [0.3, 0.4) is 0 Å². The molecule has 0 atom stereocenters. The zero-order valence-electron chi connectivity index (χ0n) is 10.2. The third kappa shape index (κ3) is 2.22. The monoisotopic (exact) mass is 243 g/mol. The van der Waals surface area contributed by atoms with Crippen LogP contribution in [0.15, 0.2) is 24.3 Å². The summed E-state index contributed by atoms with van der Waals surface area (Å²) in [7, 11) is 0. The van der Waals surface area contributed by atoms with Gasteiger partial charge in [-0.2, -0.15) is 0 Å². The third-order valence-electron chi connectivity index (χ3n) is 3.28. The van der Waals surface area contributed by atoms with Gasteiger partial charge >= 0.3 is 0 Å². The maximum absolute atomic E-state index is 5.95.